The van der Waals surface area contributed by atoms with E-state index in [9.17, 15) is 5.26 Å². The number of nitriles is 1. The molecule has 0 aliphatic heterocycles. The molecule has 4 saturated carbocycles. The van der Waals surface area contributed by atoms with Crippen LogP contribution >= 0.6 is 0 Å². The van der Waals surface area contributed by atoms with Crippen LogP contribution in [0.5, 0.6) is 0 Å². The molecule has 6 aromatic rings. The molecule has 4 nitrogen and oxygen atoms in total. The quantitative estimate of drug-likeness (QED) is 0.186. The summed E-state index contributed by atoms with van der Waals surface area (Å²) in [6.45, 7) is 0. The van der Waals surface area contributed by atoms with Gasteiger partial charge < -0.3 is 0 Å². The van der Waals surface area contributed by atoms with E-state index < -0.39 is 0 Å². The van der Waals surface area contributed by atoms with E-state index in [1.807, 2.05) is 42.5 Å². The van der Waals surface area contributed by atoms with Crippen molar-refractivity contribution >= 4 is 0 Å². The highest BCUT2D eigenvalue weighted by molar-refractivity contribution is 5.85. The van der Waals surface area contributed by atoms with Gasteiger partial charge in [0.05, 0.1) is 11.6 Å². The van der Waals surface area contributed by atoms with Crippen LogP contribution < -0.4 is 0 Å². The number of hydrogen-bond acceptors (Lipinski definition) is 4. The maximum Gasteiger partial charge on any atom is 0.164 e. The van der Waals surface area contributed by atoms with Gasteiger partial charge in [-0.2, -0.15) is 5.26 Å². The van der Waals surface area contributed by atoms with Crippen LogP contribution in [-0.2, 0) is 5.41 Å². The predicted octanol–water partition coefficient (Wildman–Crippen LogP) is 10.5. The summed E-state index contributed by atoms with van der Waals surface area (Å²) in [5.41, 5.74) is 9.67. The lowest BCUT2D eigenvalue weighted by atomic mass is 9.48. The first kappa shape index (κ1) is 28.8. The summed E-state index contributed by atoms with van der Waals surface area (Å²) in [5.74, 6) is 4.76. The molecule has 5 aromatic carbocycles. The molecule has 0 saturated heterocycles. The Bertz CT molecular complexity index is 2140. The van der Waals surface area contributed by atoms with Gasteiger partial charge in [0.15, 0.2) is 17.5 Å². The summed E-state index contributed by atoms with van der Waals surface area (Å²) >= 11 is 0. The minimum atomic E-state index is 0.361. The van der Waals surface area contributed by atoms with Gasteiger partial charge in [-0.05, 0) is 108 Å². The van der Waals surface area contributed by atoms with Crippen molar-refractivity contribution in [3.05, 3.63) is 139 Å². The van der Waals surface area contributed by atoms with Crippen molar-refractivity contribution in [1.29, 1.82) is 5.26 Å². The summed E-state index contributed by atoms with van der Waals surface area (Å²) in [5, 5.41) is 9.52. The second-order valence-corrected chi connectivity index (χ2v) is 14.3. The zero-order chi connectivity index (χ0) is 32.1. The van der Waals surface area contributed by atoms with Gasteiger partial charge in [0.25, 0.3) is 0 Å². The fourth-order valence-corrected chi connectivity index (χ4v) is 9.36. The Morgan fingerprint density at radius 3 is 1.56 bits per heavy atom. The van der Waals surface area contributed by atoms with E-state index in [-0.39, 0.29) is 0 Å². The van der Waals surface area contributed by atoms with Gasteiger partial charge in [0.2, 0.25) is 0 Å². The molecule has 0 radical (unpaired) electrons. The highest BCUT2D eigenvalue weighted by atomic mass is 15.0. The van der Waals surface area contributed by atoms with Gasteiger partial charge in [-0.25, -0.2) is 15.0 Å². The van der Waals surface area contributed by atoms with Gasteiger partial charge in [0, 0.05) is 16.7 Å². The van der Waals surface area contributed by atoms with Crippen LogP contribution in [0.15, 0.2) is 127 Å². The van der Waals surface area contributed by atoms with Crippen molar-refractivity contribution in [3.8, 4) is 62.5 Å². The summed E-state index contributed by atoms with van der Waals surface area (Å²) in [6.07, 6.45) is 8.43. The third kappa shape index (κ3) is 5.20. The second-order valence-electron chi connectivity index (χ2n) is 14.3. The molecular formula is C44H36N4. The number of hydrogen-bond donors (Lipinski definition) is 0. The molecule has 0 spiro atoms. The van der Waals surface area contributed by atoms with E-state index in [4.69, 9.17) is 15.0 Å². The molecule has 0 N–H and O–H groups in total. The van der Waals surface area contributed by atoms with E-state index in [1.54, 1.807) is 0 Å². The zero-order valence-electron chi connectivity index (χ0n) is 26.9. The molecule has 0 unspecified atom stereocenters. The molecule has 0 amide bonds. The zero-order valence-corrected chi connectivity index (χ0v) is 26.9. The van der Waals surface area contributed by atoms with Gasteiger partial charge in [0.1, 0.15) is 0 Å². The summed E-state index contributed by atoms with van der Waals surface area (Å²) in [4.78, 5) is 15.1. The van der Waals surface area contributed by atoms with Crippen molar-refractivity contribution in [3.63, 3.8) is 0 Å². The fourth-order valence-electron chi connectivity index (χ4n) is 9.36. The third-order valence-corrected chi connectivity index (χ3v) is 11.1. The van der Waals surface area contributed by atoms with E-state index >= 15 is 0 Å². The normalized spacial score (nSPS) is 22.4. The van der Waals surface area contributed by atoms with Gasteiger partial charge in [-0.15, -0.1) is 0 Å². The standard InChI is InChI=1S/C44H36N4/c45-28-29-8-6-11-35(23-29)39-14-4-5-15-40(39)36-12-7-13-37(24-36)43-47-41(33-9-2-1-3-10-33)46-42(48-43)34-16-18-38(19-17-34)44-25-30-20-31(26-44)22-32(21-30)27-44/h1-19,23-24,30-32H,20-22,25-27H2. The van der Waals surface area contributed by atoms with E-state index in [1.165, 1.54) is 44.1 Å². The average molecular weight is 621 g/mol. The van der Waals surface area contributed by atoms with Crippen LogP contribution in [0, 0.1) is 29.1 Å². The number of nitrogens with zero attached hydrogens (tertiary/aromatic N) is 4. The van der Waals surface area contributed by atoms with Crippen LogP contribution in [0.1, 0.15) is 49.7 Å². The number of rotatable bonds is 6. The van der Waals surface area contributed by atoms with Gasteiger partial charge in [-0.1, -0.05) is 109 Å². The first-order chi connectivity index (χ1) is 23.6. The third-order valence-electron chi connectivity index (χ3n) is 11.1. The minimum Gasteiger partial charge on any atom is -0.208 e. The lowest BCUT2D eigenvalue weighted by Crippen LogP contribution is -2.48. The molecule has 4 heteroatoms. The Balaban J connectivity index is 1.11. The molecule has 4 aliphatic carbocycles. The molecule has 4 aliphatic rings. The maximum absolute atomic E-state index is 9.52. The summed E-state index contributed by atoms with van der Waals surface area (Å²) < 4.78 is 0. The Hall–Kier alpha value is -5.40. The average Bonchev–Trinajstić information content (AvgIpc) is 3.14. The van der Waals surface area contributed by atoms with Crippen molar-refractivity contribution in [1.82, 2.24) is 15.0 Å². The largest absolute Gasteiger partial charge is 0.208 e. The van der Waals surface area contributed by atoms with Gasteiger partial charge in [-0.3, -0.25) is 0 Å². The Morgan fingerprint density at radius 2 is 0.958 bits per heavy atom. The van der Waals surface area contributed by atoms with Crippen LogP contribution in [0.4, 0.5) is 0 Å². The Labute approximate surface area is 282 Å². The highest BCUT2D eigenvalue weighted by Crippen LogP contribution is 2.60. The molecule has 10 rings (SSSR count). The van der Waals surface area contributed by atoms with Crippen molar-refractivity contribution in [2.45, 2.75) is 43.9 Å². The molecular weight excluding hydrogens is 585 g/mol. The van der Waals surface area contributed by atoms with E-state index in [0.717, 1.165) is 56.7 Å². The lowest BCUT2D eigenvalue weighted by molar-refractivity contribution is -0.00518. The Kier molecular flexibility index (Phi) is 7.01. The van der Waals surface area contributed by atoms with Crippen LogP contribution in [0.3, 0.4) is 0 Å². The monoisotopic (exact) mass is 620 g/mol. The Morgan fingerprint density at radius 1 is 0.479 bits per heavy atom. The van der Waals surface area contributed by atoms with Crippen molar-refractivity contribution in [2.75, 3.05) is 0 Å². The molecule has 0 atom stereocenters. The van der Waals surface area contributed by atoms with E-state index in [0.29, 0.717) is 28.5 Å². The summed E-state index contributed by atoms with van der Waals surface area (Å²) in [6, 6.07) is 46.2. The predicted molar refractivity (Wildman–Crippen MR) is 192 cm³/mol. The molecule has 1 heterocycles. The van der Waals surface area contributed by atoms with Crippen LogP contribution in [0.2, 0.25) is 0 Å². The second kappa shape index (κ2) is 11.7. The molecule has 48 heavy (non-hydrogen) atoms. The smallest absolute Gasteiger partial charge is 0.164 e. The fraction of sp³-hybridized carbons (Fsp3) is 0.227. The number of benzene rings is 5. The van der Waals surface area contributed by atoms with Gasteiger partial charge >= 0.3 is 0 Å². The van der Waals surface area contributed by atoms with Crippen LogP contribution in [0.25, 0.3) is 56.4 Å². The molecule has 4 fully saturated rings. The molecule has 1 aromatic heterocycles. The highest BCUT2D eigenvalue weighted by Gasteiger charge is 2.51. The first-order valence-electron chi connectivity index (χ1n) is 17.3. The van der Waals surface area contributed by atoms with E-state index in [2.05, 4.69) is 91.0 Å². The first-order valence-corrected chi connectivity index (χ1v) is 17.3. The molecule has 4 bridgehead atoms. The maximum atomic E-state index is 9.52. The number of aromatic nitrogens is 3. The molecule has 232 valence electrons. The van der Waals surface area contributed by atoms with Crippen molar-refractivity contribution < 1.29 is 0 Å². The SMILES string of the molecule is N#Cc1cccc(-c2ccccc2-c2cccc(-c3nc(-c4ccccc4)nc(-c4ccc(C56CC7CC(CC(C7)C5)C6)cc4)n3)c2)c1. The summed E-state index contributed by atoms with van der Waals surface area (Å²) in [7, 11) is 0. The minimum absolute atomic E-state index is 0.361. The lowest BCUT2D eigenvalue weighted by Gasteiger charge is -2.57. The van der Waals surface area contributed by atoms with Crippen LogP contribution in [-0.4, -0.2) is 15.0 Å². The topological polar surface area (TPSA) is 62.5 Å². The van der Waals surface area contributed by atoms with Crippen molar-refractivity contribution in [2.24, 2.45) is 17.8 Å².